The van der Waals surface area contributed by atoms with E-state index in [1.165, 1.54) is 12.8 Å². The van der Waals surface area contributed by atoms with Crippen molar-refractivity contribution in [3.05, 3.63) is 35.9 Å². The van der Waals surface area contributed by atoms with Crippen LogP contribution in [0.15, 0.2) is 30.3 Å². The van der Waals surface area contributed by atoms with Crippen LogP contribution in [-0.4, -0.2) is 53.7 Å². The smallest absolute Gasteiger partial charge is 0.316 e. The van der Waals surface area contributed by atoms with Gasteiger partial charge >= 0.3 is 5.97 Å². The minimum Gasteiger partial charge on any atom is -0.462 e. The number of piperidine rings is 1. The molecular weight excluding hydrogens is 358 g/mol. The molecule has 2 heterocycles. The normalized spacial score (nSPS) is 27.7. The van der Waals surface area contributed by atoms with Gasteiger partial charge in [0.2, 0.25) is 0 Å². The van der Waals surface area contributed by atoms with Gasteiger partial charge in [0.1, 0.15) is 12.0 Å². The zero-order valence-electron chi connectivity index (χ0n) is 13.8. The van der Waals surface area contributed by atoms with Gasteiger partial charge in [0, 0.05) is 12.1 Å². The van der Waals surface area contributed by atoms with E-state index in [-0.39, 0.29) is 18.7 Å². The van der Waals surface area contributed by atoms with Crippen LogP contribution in [0, 0.1) is 0 Å². The Labute approximate surface area is 147 Å². The minimum absolute atomic E-state index is 0.00367. The number of carbonyl (C=O) groups is 1. The number of carbonyl (C=O) groups excluding carboxylic acids is 1. The SMILES string of the molecule is CBr.CN1[C@@H]2CC[C@H]1C[C@@H](OC(=O)[C@H](CO)c1ccccc1)C2. The monoisotopic (exact) mass is 383 g/mol. The fraction of sp³-hybridized carbons (Fsp3) is 0.611. The third kappa shape index (κ3) is 4.34. The Hall–Kier alpha value is -0.910. The van der Waals surface area contributed by atoms with Gasteiger partial charge < -0.3 is 14.7 Å². The topological polar surface area (TPSA) is 49.8 Å². The maximum atomic E-state index is 12.4. The molecule has 1 aromatic carbocycles. The first-order valence-electron chi connectivity index (χ1n) is 8.15. The van der Waals surface area contributed by atoms with Crippen molar-refractivity contribution in [3.8, 4) is 0 Å². The molecule has 4 nitrogen and oxygen atoms in total. The molecule has 4 atom stereocenters. The van der Waals surface area contributed by atoms with Gasteiger partial charge in [-0.3, -0.25) is 4.79 Å². The van der Waals surface area contributed by atoms with Gasteiger partial charge in [-0.15, -0.1) is 0 Å². The predicted octanol–water partition coefficient (Wildman–Crippen LogP) is 2.94. The summed E-state index contributed by atoms with van der Waals surface area (Å²) in [5, 5.41) is 9.53. The molecule has 2 fully saturated rings. The molecule has 2 aliphatic rings. The number of nitrogens with zero attached hydrogens (tertiary/aromatic N) is 1. The number of fused-ring (bicyclic) bond motifs is 2. The van der Waals surface area contributed by atoms with Crippen molar-refractivity contribution in [1.29, 1.82) is 0 Å². The molecule has 0 amide bonds. The van der Waals surface area contributed by atoms with Crippen LogP contribution in [0.5, 0.6) is 0 Å². The highest BCUT2D eigenvalue weighted by atomic mass is 79.9. The lowest BCUT2D eigenvalue weighted by Gasteiger charge is -2.36. The maximum absolute atomic E-state index is 12.4. The molecular formula is C18H26BrNO3. The molecule has 0 aliphatic carbocycles. The summed E-state index contributed by atoms with van der Waals surface area (Å²) in [7, 11) is 2.17. The quantitative estimate of drug-likeness (QED) is 0.641. The van der Waals surface area contributed by atoms with E-state index in [0.717, 1.165) is 18.4 Å². The van der Waals surface area contributed by atoms with Gasteiger partial charge in [-0.2, -0.15) is 0 Å². The molecule has 0 radical (unpaired) electrons. The van der Waals surface area contributed by atoms with Crippen molar-refractivity contribution in [2.75, 3.05) is 19.5 Å². The third-order valence-electron chi connectivity index (χ3n) is 5.01. The first-order valence-corrected chi connectivity index (χ1v) is 9.73. The Morgan fingerprint density at radius 3 is 2.35 bits per heavy atom. The predicted molar refractivity (Wildman–Crippen MR) is 94.8 cm³/mol. The number of aliphatic hydroxyl groups excluding tert-OH is 1. The molecule has 0 spiro atoms. The lowest BCUT2D eigenvalue weighted by atomic mass is 9.98. The number of halogens is 1. The van der Waals surface area contributed by atoms with E-state index in [2.05, 4.69) is 27.9 Å². The summed E-state index contributed by atoms with van der Waals surface area (Å²) in [4.78, 5) is 14.8. The fourth-order valence-corrected chi connectivity index (χ4v) is 3.71. The number of aliphatic hydroxyl groups is 1. The Morgan fingerprint density at radius 2 is 1.83 bits per heavy atom. The van der Waals surface area contributed by atoms with Crippen molar-refractivity contribution in [2.24, 2.45) is 0 Å². The number of hydrogen-bond donors (Lipinski definition) is 1. The molecule has 3 rings (SSSR count). The minimum atomic E-state index is -0.566. The molecule has 1 aromatic rings. The zero-order valence-corrected chi connectivity index (χ0v) is 15.4. The van der Waals surface area contributed by atoms with Crippen LogP contribution < -0.4 is 0 Å². The highest BCUT2D eigenvalue weighted by Crippen LogP contribution is 2.36. The summed E-state index contributed by atoms with van der Waals surface area (Å²) in [6.45, 7) is -0.206. The Kier molecular flexibility index (Phi) is 7.06. The van der Waals surface area contributed by atoms with Gasteiger partial charge in [-0.1, -0.05) is 46.3 Å². The van der Waals surface area contributed by atoms with E-state index in [0.29, 0.717) is 12.1 Å². The van der Waals surface area contributed by atoms with E-state index < -0.39 is 5.92 Å². The van der Waals surface area contributed by atoms with Gasteiger partial charge in [-0.05, 0) is 44.1 Å². The van der Waals surface area contributed by atoms with Crippen molar-refractivity contribution in [2.45, 2.75) is 49.8 Å². The molecule has 23 heavy (non-hydrogen) atoms. The summed E-state index contributed by atoms with van der Waals surface area (Å²) >= 11 is 2.94. The summed E-state index contributed by atoms with van der Waals surface area (Å²) in [5.41, 5.74) is 0.820. The largest absolute Gasteiger partial charge is 0.462 e. The number of alkyl halides is 1. The van der Waals surface area contributed by atoms with Crippen molar-refractivity contribution in [1.82, 2.24) is 4.90 Å². The molecule has 0 aromatic heterocycles. The number of esters is 1. The van der Waals surface area contributed by atoms with Crippen LogP contribution in [0.1, 0.15) is 37.2 Å². The van der Waals surface area contributed by atoms with E-state index in [4.69, 9.17) is 4.74 Å². The van der Waals surface area contributed by atoms with Gasteiger partial charge in [0.25, 0.3) is 0 Å². The molecule has 0 saturated carbocycles. The molecule has 5 heteroatoms. The number of ether oxygens (including phenoxy) is 1. The average molecular weight is 384 g/mol. The van der Waals surface area contributed by atoms with Crippen LogP contribution in [-0.2, 0) is 9.53 Å². The van der Waals surface area contributed by atoms with Crippen molar-refractivity contribution in [3.63, 3.8) is 0 Å². The first-order chi connectivity index (χ1) is 11.2. The average Bonchev–Trinajstić information content (AvgIpc) is 2.79. The molecule has 2 saturated heterocycles. The Bertz CT molecular complexity index is 482. The molecule has 2 bridgehead atoms. The van der Waals surface area contributed by atoms with Gasteiger partial charge in [0.05, 0.1) is 6.61 Å². The van der Waals surface area contributed by atoms with Crippen molar-refractivity contribution >= 4 is 21.9 Å². The van der Waals surface area contributed by atoms with E-state index in [1.807, 2.05) is 36.2 Å². The van der Waals surface area contributed by atoms with E-state index in [9.17, 15) is 9.90 Å². The number of hydrogen-bond acceptors (Lipinski definition) is 4. The summed E-state index contributed by atoms with van der Waals surface area (Å²) < 4.78 is 5.70. The van der Waals surface area contributed by atoms with Crippen molar-refractivity contribution < 1.29 is 14.6 Å². The van der Waals surface area contributed by atoms with E-state index >= 15 is 0 Å². The maximum Gasteiger partial charge on any atom is 0.316 e. The van der Waals surface area contributed by atoms with Crippen LogP contribution in [0.25, 0.3) is 0 Å². The standard InChI is InChI=1S/C17H23NO3.CH3Br/c1-18-13-7-8-14(18)10-15(9-13)21-17(20)16(11-19)12-5-3-2-4-6-12;1-2/h2-6,13-16,19H,7-11H2,1H3;1H3/t13-,14+,15+,16-;/m1./s1. The number of benzene rings is 1. The molecule has 2 aliphatic heterocycles. The molecule has 1 N–H and O–H groups in total. The summed E-state index contributed by atoms with van der Waals surface area (Å²) in [6, 6.07) is 10.5. The number of rotatable bonds is 4. The Balaban J connectivity index is 0.000000924. The van der Waals surface area contributed by atoms with E-state index in [1.54, 1.807) is 0 Å². The van der Waals surface area contributed by atoms with Crippen LogP contribution in [0.3, 0.4) is 0 Å². The third-order valence-corrected chi connectivity index (χ3v) is 5.01. The second-order valence-corrected chi connectivity index (χ2v) is 6.23. The van der Waals surface area contributed by atoms with Gasteiger partial charge in [0.15, 0.2) is 0 Å². The second-order valence-electron chi connectivity index (χ2n) is 6.23. The zero-order chi connectivity index (χ0) is 16.8. The molecule has 128 valence electrons. The lowest BCUT2D eigenvalue weighted by molar-refractivity contribution is -0.155. The Morgan fingerprint density at radius 1 is 1.26 bits per heavy atom. The van der Waals surface area contributed by atoms with Crippen LogP contribution >= 0.6 is 15.9 Å². The highest BCUT2D eigenvalue weighted by Gasteiger charge is 2.40. The summed E-state index contributed by atoms with van der Waals surface area (Å²) in [6.07, 6.45) is 4.26. The highest BCUT2D eigenvalue weighted by molar-refractivity contribution is 9.08. The lowest BCUT2D eigenvalue weighted by Crippen LogP contribution is -2.43. The fourth-order valence-electron chi connectivity index (χ4n) is 3.71. The van der Waals surface area contributed by atoms with Crippen LogP contribution in [0.2, 0.25) is 0 Å². The van der Waals surface area contributed by atoms with Gasteiger partial charge in [-0.25, -0.2) is 0 Å². The first kappa shape index (κ1) is 18.4. The van der Waals surface area contributed by atoms with Crippen LogP contribution in [0.4, 0.5) is 0 Å². The second kappa shape index (κ2) is 8.81. The summed E-state index contributed by atoms with van der Waals surface area (Å²) in [5.74, 6) is 0.952. The molecule has 0 unspecified atom stereocenters.